The van der Waals surface area contributed by atoms with Crippen molar-refractivity contribution in [2.75, 3.05) is 39.1 Å². The van der Waals surface area contributed by atoms with Crippen LogP contribution in [-0.2, 0) is 14.8 Å². The molecule has 1 saturated heterocycles. The highest BCUT2D eigenvalue weighted by Crippen LogP contribution is 2.29. The van der Waals surface area contributed by atoms with Gasteiger partial charge in [-0.3, -0.25) is 0 Å². The maximum absolute atomic E-state index is 12.8. The minimum Gasteiger partial charge on any atom is -0.495 e. The van der Waals surface area contributed by atoms with Gasteiger partial charge in [0.25, 0.3) is 0 Å². The van der Waals surface area contributed by atoms with Gasteiger partial charge in [-0.25, -0.2) is 8.42 Å². The van der Waals surface area contributed by atoms with Crippen LogP contribution in [0.3, 0.4) is 0 Å². The van der Waals surface area contributed by atoms with Crippen LogP contribution in [-0.4, -0.2) is 46.1 Å². The van der Waals surface area contributed by atoms with E-state index in [4.69, 9.17) is 15.2 Å². The summed E-state index contributed by atoms with van der Waals surface area (Å²) in [5, 5.41) is 0. The highest BCUT2D eigenvalue weighted by atomic mass is 32.2. The fourth-order valence-electron chi connectivity index (χ4n) is 2.45. The van der Waals surface area contributed by atoms with Crippen molar-refractivity contribution >= 4 is 15.7 Å². The zero-order chi connectivity index (χ0) is 15.5. The van der Waals surface area contributed by atoms with E-state index in [2.05, 4.69) is 0 Å². The number of ether oxygens (including phenoxy) is 2. The molecule has 0 bridgehead atoms. The first-order valence-electron chi connectivity index (χ1n) is 7.00. The van der Waals surface area contributed by atoms with Crippen LogP contribution in [0.1, 0.15) is 13.3 Å². The van der Waals surface area contributed by atoms with Crippen molar-refractivity contribution in [1.29, 1.82) is 0 Å². The quantitative estimate of drug-likeness (QED) is 0.801. The summed E-state index contributed by atoms with van der Waals surface area (Å²) in [6, 6.07) is 4.65. The van der Waals surface area contributed by atoms with Gasteiger partial charge in [0.15, 0.2) is 0 Å². The number of hydrogen-bond donors (Lipinski definition) is 1. The Hall–Kier alpha value is -1.31. The predicted octanol–water partition coefficient (Wildman–Crippen LogP) is 1.32. The third-order valence-corrected chi connectivity index (χ3v) is 5.61. The molecule has 118 valence electrons. The number of benzene rings is 1. The van der Waals surface area contributed by atoms with Crippen molar-refractivity contribution in [2.24, 2.45) is 5.92 Å². The third kappa shape index (κ3) is 3.48. The first kappa shape index (κ1) is 16.1. The largest absolute Gasteiger partial charge is 0.495 e. The van der Waals surface area contributed by atoms with Crippen molar-refractivity contribution in [3.8, 4) is 5.75 Å². The minimum absolute atomic E-state index is 0.116. The number of nitrogen functional groups attached to an aromatic ring is 1. The van der Waals surface area contributed by atoms with E-state index in [1.54, 1.807) is 12.1 Å². The van der Waals surface area contributed by atoms with Gasteiger partial charge in [0, 0.05) is 25.4 Å². The van der Waals surface area contributed by atoms with Crippen LogP contribution < -0.4 is 10.5 Å². The molecule has 1 aliphatic heterocycles. The lowest BCUT2D eigenvalue weighted by atomic mass is 10.1. The average molecular weight is 314 g/mol. The first-order chi connectivity index (χ1) is 9.98. The molecule has 0 radical (unpaired) electrons. The molecular weight excluding hydrogens is 292 g/mol. The van der Waals surface area contributed by atoms with E-state index in [9.17, 15) is 8.42 Å². The fraction of sp³-hybridized carbons (Fsp3) is 0.571. The Morgan fingerprint density at radius 2 is 2.24 bits per heavy atom. The Labute approximate surface area is 125 Å². The number of hydrogen-bond acceptors (Lipinski definition) is 5. The summed E-state index contributed by atoms with van der Waals surface area (Å²) in [5.41, 5.74) is 6.12. The SMILES string of the molecule is CCN(CC1CCOC1)S(=O)(=O)c1cc(N)ccc1OC. The predicted molar refractivity (Wildman–Crippen MR) is 80.8 cm³/mol. The minimum atomic E-state index is -3.63. The second kappa shape index (κ2) is 6.64. The molecule has 2 rings (SSSR count). The first-order valence-corrected chi connectivity index (χ1v) is 8.44. The van der Waals surface area contributed by atoms with Gasteiger partial charge in [-0.05, 0) is 30.5 Å². The molecule has 1 aromatic rings. The lowest BCUT2D eigenvalue weighted by Crippen LogP contribution is -2.35. The highest BCUT2D eigenvalue weighted by Gasteiger charge is 2.30. The van der Waals surface area contributed by atoms with Gasteiger partial charge >= 0.3 is 0 Å². The number of rotatable bonds is 6. The molecule has 7 heteroatoms. The summed E-state index contributed by atoms with van der Waals surface area (Å²) in [7, 11) is -2.18. The third-order valence-electron chi connectivity index (χ3n) is 3.64. The van der Waals surface area contributed by atoms with Gasteiger partial charge in [-0.2, -0.15) is 4.31 Å². The molecule has 1 heterocycles. The van der Waals surface area contributed by atoms with Gasteiger partial charge in [-0.15, -0.1) is 0 Å². The zero-order valence-corrected chi connectivity index (χ0v) is 13.2. The van der Waals surface area contributed by atoms with Crippen LogP contribution in [0.4, 0.5) is 5.69 Å². The Bertz CT molecular complexity index is 583. The molecule has 1 fully saturated rings. The van der Waals surface area contributed by atoms with Crippen molar-refractivity contribution in [2.45, 2.75) is 18.2 Å². The fourth-order valence-corrected chi connectivity index (χ4v) is 4.16. The second-order valence-electron chi connectivity index (χ2n) is 5.10. The molecule has 0 spiro atoms. The number of nitrogens with two attached hydrogens (primary N) is 1. The van der Waals surface area contributed by atoms with E-state index >= 15 is 0 Å². The van der Waals surface area contributed by atoms with Crippen molar-refractivity contribution in [3.63, 3.8) is 0 Å². The Morgan fingerprint density at radius 1 is 1.48 bits per heavy atom. The van der Waals surface area contributed by atoms with E-state index in [0.717, 1.165) is 6.42 Å². The molecule has 21 heavy (non-hydrogen) atoms. The second-order valence-corrected chi connectivity index (χ2v) is 7.00. The van der Waals surface area contributed by atoms with Crippen LogP contribution >= 0.6 is 0 Å². The number of nitrogens with zero attached hydrogens (tertiary/aromatic N) is 1. The van der Waals surface area contributed by atoms with Crippen LogP contribution in [0.2, 0.25) is 0 Å². The van der Waals surface area contributed by atoms with E-state index < -0.39 is 10.0 Å². The van der Waals surface area contributed by atoms with Crippen LogP contribution in [0, 0.1) is 5.92 Å². The summed E-state index contributed by atoms with van der Waals surface area (Å²) in [6.45, 7) is 3.99. The summed E-state index contributed by atoms with van der Waals surface area (Å²) in [4.78, 5) is 0.116. The molecule has 1 aliphatic rings. The highest BCUT2D eigenvalue weighted by molar-refractivity contribution is 7.89. The summed E-state index contributed by atoms with van der Waals surface area (Å²) < 4.78 is 37.6. The smallest absolute Gasteiger partial charge is 0.246 e. The van der Waals surface area contributed by atoms with Crippen molar-refractivity contribution < 1.29 is 17.9 Å². The molecule has 1 atom stereocenters. The molecular formula is C14H22N2O4S. The zero-order valence-electron chi connectivity index (χ0n) is 12.4. The topological polar surface area (TPSA) is 81.9 Å². The Balaban J connectivity index is 2.32. The van der Waals surface area contributed by atoms with Crippen LogP contribution in [0.25, 0.3) is 0 Å². The van der Waals surface area contributed by atoms with Gasteiger partial charge < -0.3 is 15.2 Å². The summed E-state index contributed by atoms with van der Waals surface area (Å²) in [6.07, 6.45) is 0.889. The molecule has 0 aliphatic carbocycles. The molecule has 1 unspecified atom stereocenters. The normalized spacial score (nSPS) is 19.1. The average Bonchev–Trinajstić information content (AvgIpc) is 2.97. The van der Waals surface area contributed by atoms with Crippen LogP contribution in [0.15, 0.2) is 23.1 Å². The molecule has 2 N–H and O–H groups in total. The van der Waals surface area contributed by atoms with Crippen LogP contribution in [0.5, 0.6) is 5.75 Å². The van der Waals surface area contributed by atoms with Gasteiger partial charge in [0.05, 0.1) is 13.7 Å². The number of methoxy groups -OCH3 is 1. The molecule has 6 nitrogen and oxygen atoms in total. The maximum atomic E-state index is 12.8. The maximum Gasteiger partial charge on any atom is 0.246 e. The number of anilines is 1. The monoisotopic (exact) mass is 314 g/mol. The van der Waals surface area contributed by atoms with Gasteiger partial charge in [0.1, 0.15) is 10.6 Å². The molecule has 0 aromatic heterocycles. The van der Waals surface area contributed by atoms with E-state index in [-0.39, 0.29) is 10.8 Å². The Kier molecular flexibility index (Phi) is 5.08. The van der Waals surface area contributed by atoms with Crippen molar-refractivity contribution in [3.05, 3.63) is 18.2 Å². The van der Waals surface area contributed by atoms with E-state index in [0.29, 0.717) is 37.7 Å². The van der Waals surface area contributed by atoms with Gasteiger partial charge in [0.2, 0.25) is 10.0 Å². The Morgan fingerprint density at radius 3 is 2.81 bits per heavy atom. The summed E-state index contributed by atoms with van der Waals surface area (Å²) in [5.74, 6) is 0.553. The van der Waals surface area contributed by atoms with E-state index in [1.807, 2.05) is 6.92 Å². The van der Waals surface area contributed by atoms with Gasteiger partial charge in [-0.1, -0.05) is 6.92 Å². The summed E-state index contributed by atoms with van der Waals surface area (Å²) >= 11 is 0. The van der Waals surface area contributed by atoms with Crippen molar-refractivity contribution in [1.82, 2.24) is 4.31 Å². The molecule has 1 aromatic carbocycles. The lowest BCUT2D eigenvalue weighted by Gasteiger charge is -2.24. The number of sulfonamides is 1. The van der Waals surface area contributed by atoms with E-state index in [1.165, 1.54) is 17.5 Å². The molecule has 0 amide bonds. The lowest BCUT2D eigenvalue weighted by molar-refractivity contribution is 0.180. The molecule has 0 saturated carbocycles. The standard InChI is InChI=1S/C14H22N2O4S/c1-3-16(9-11-6-7-20-10-11)21(17,18)14-8-12(15)4-5-13(14)19-2/h4-5,8,11H,3,6-7,9-10,15H2,1-2H3.